The molecule has 0 saturated carbocycles. The number of hydrogen-bond acceptors (Lipinski definition) is 7. The van der Waals surface area contributed by atoms with E-state index in [0.29, 0.717) is 5.56 Å². The number of anilines is 2. The van der Waals surface area contributed by atoms with Gasteiger partial charge in [0.2, 0.25) is 0 Å². The lowest BCUT2D eigenvalue weighted by Gasteiger charge is -2.24. The molecule has 2 heterocycles. The van der Waals surface area contributed by atoms with Gasteiger partial charge in [-0.1, -0.05) is 17.7 Å². The van der Waals surface area contributed by atoms with Gasteiger partial charge in [0.05, 0.1) is 25.1 Å². The number of nitrogens with two attached hydrogens (primary N) is 1. The molecule has 3 aromatic rings. The van der Waals surface area contributed by atoms with E-state index < -0.39 is 23.4 Å². The molecule has 0 aliphatic heterocycles. The number of ether oxygens (including phenoxy) is 2. The van der Waals surface area contributed by atoms with Crippen molar-refractivity contribution in [3.05, 3.63) is 52.6 Å². The molecular weight excluding hydrogens is 479 g/mol. The number of nitrogens with zero attached hydrogens (tertiary/aromatic N) is 4. The van der Waals surface area contributed by atoms with Crippen LogP contribution in [0.5, 0.6) is 0 Å². The topological polar surface area (TPSA) is 124 Å². The highest BCUT2D eigenvalue weighted by molar-refractivity contribution is 6.30. The van der Waals surface area contributed by atoms with E-state index in [4.69, 9.17) is 26.8 Å². The molecular formula is C23H28ClFN6O4. The Labute approximate surface area is 207 Å². The summed E-state index contributed by atoms with van der Waals surface area (Å²) < 4.78 is 25.6. The number of fused-ring (bicyclic) bond motifs is 1. The molecule has 0 aliphatic rings. The Morgan fingerprint density at radius 3 is 2.69 bits per heavy atom. The molecule has 12 heteroatoms. The van der Waals surface area contributed by atoms with Crippen molar-refractivity contribution < 1.29 is 23.5 Å². The van der Waals surface area contributed by atoms with Crippen molar-refractivity contribution >= 4 is 40.8 Å². The number of amides is 2. The van der Waals surface area contributed by atoms with Crippen LogP contribution in [0.3, 0.4) is 0 Å². The molecule has 0 spiro atoms. The highest BCUT2D eigenvalue weighted by Gasteiger charge is 2.25. The van der Waals surface area contributed by atoms with Crippen LogP contribution in [0.4, 0.5) is 20.7 Å². The number of carbonyl (C=O) groups excluding carboxylic acids is 2. The van der Waals surface area contributed by atoms with E-state index in [-0.39, 0.29) is 47.1 Å². The van der Waals surface area contributed by atoms with Gasteiger partial charge in [-0.25, -0.2) is 14.2 Å². The van der Waals surface area contributed by atoms with E-state index >= 15 is 0 Å². The van der Waals surface area contributed by atoms with Gasteiger partial charge in [-0.05, 0) is 45.4 Å². The number of aromatic nitrogens is 3. The van der Waals surface area contributed by atoms with Crippen LogP contribution in [0, 0.1) is 5.82 Å². The van der Waals surface area contributed by atoms with Gasteiger partial charge >= 0.3 is 6.09 Å². The Morgan fingerprint density at radius 1 is 1.31 bits per heavy atom. The van der Waals surface area contributed by atoms with Crippen molar-refractivity contribution in [3.63, 3.8) is 0 Å². The van der Waals surface area contributed by atoms with Crippen LogP contribution in [-0.4, -0.2) is 51.9 Å². The van der Waals surface area contributed by atoms with E-state index in [0.717, 1.165) is 0 Å². The van der Waals surface area contributed by atoms with E-state index in [1.54, 1.807) is 33.8 Å². The summed E-state index contributed by atoms with van der Waals surface area (Å²) >= 11 is 6.18. The van der Waals surface area contributed by atoms with Crippen LogP contribution < -0.4 is 16.0 Å². The van der Waals surface area contributed by atoms with Crippen molar-refractivity contribution in [1.29, 1.82) is 0 Å². The highest BCUT2D eigenvalue weighted by Crippen LogP contribution is 2.23. The fraction of sp³-hybridized carbons (Fsp3) is 0.391. The Kier molecular flexibility index (Phi) is 7.81. The minimum atomic E-state index is -0.696. The Hall–Kier alpha value is -3.44. The second kappa shape index (κ2) is 10.4. The third-order valence-electron chi connectivity index (χ3n) is 4.75. The normalized spacial score (nSPS) is 12.4. The zero-order valence-corrected chi connectivity index (χ0v) is 20.9. The molecule has 10 nitrogen and oxygen atoms in total. The summed E-state index contributed by atoms with van der Waals surface area (Å²) in [4.78, 5) is 30.9. The van der Waals surface area contributed by atoms with E-state index in [9.17, 15) is 14.0 Å². The van der Waals surface area contributed by atoms with Gasteiger partial charge < -0.3 is 20.5 Å². The second-order valence-corrected chi connectivity index (χ2v) is 9.40. The minimum absolute atomic E-state index is 0.0448. The number of nitrogen functional groups attached to an aromatic ring is 1. The molecule has 35 heavy (non-hydrogen) atoms. The summed E-state index contributed by atoms with van der Waals surface area (Å²) in [6.07, 6.45) is 0.728. The van der Waals surface area contributed by atoms with E-state index in [2.05, 4.69) is 15.4 Å². The van der Waals surface area contributed by atoms with Crippen molar-refractivity contribution in [2.45, 2.75) is 45.9 Å². The molecule has 1 aromatic carbocycles. The molecule has 3 rings (SSSR count). The zero-order chi connectivity index (χ0) is 25.9. The molecule has 0 aliphatic carbocycles. The van der Waals surface area contributed by atoms with Crippen molar-refractivity contribution in [2.24, 2.45) is 0 Å². The lowest BCUT2D eigenvalue weighted by Crippen LogP contribution is -2.36. The quantitative estimate of drug-likeness (QED) is 0.369. The largest absolute Gasteiger partial charge is 0.443 e. The third-order valence-corrected chi connectivity index (χ3v) is 4.95. The molecule has 0 bridgehead atoms. The number of carbonyl (C=O) groups is 2. The number of nitrogens with one attached hydrogen (secondary N) is 1. The van der Waals surface area contributed by atoms with Crippen LogP contribution in [0.15, 0.2) is 30.5 Å². The van der Waals surface area contributed by atoms with Crippen molar-refractivity contribution in [3.8, 4) is 0 Å². The van der Waals surface area contributed by atoms with Gasteiger partial charge in [0.25, 0.3) is 5.91 Å². The van der Waals surface area contributed by atoms with Gasteiger partial charge in [0.1, 0.15) is 28.0 Å². The number of rotatable bonds is 7. The number of halogens is 2. The maximum absolute atomic E-state index is 13.3. The van der Waals surface area contributed by atoms with Crippen LogP contribution in [-0.2, 0) is 16.1 Å². The minimum Gasteiger partial charge on any atom is -0.443 e. The van der Waals surface area contributed by atoms with Gasteiger partial charge in [0.15, 0.2) is 5.65 Å². The number of hydrogen-bond donors (Lipinski definition) is 2. The standard InChI is InChI=1S/C23H28ClFN6O4/c1-13(11-34-12-14-6-7-16(25)17(26)8-14)28-21(32)15-10-27-31-19(9-18(24)29-20(15)31)30(5)22(33)35-23(2,3)4/h6-10,13H,11-12,26H2,1-5H3,(H,28,32). The Balaban J connectivity index is 1.69. The Bertz CT molecular complexity index is 1240. The fourth-order valence-corrected chi connectivity index (χ4v) is 3.30. The molecule has 2 aromatic heterocycles. The van der Waals surface area contributed by atoms with Crippen LogP contribution >= 0.6 is 11.6 Å². The predicted molar refractivity (Wildman–Crippen MR) is 130 cm³/mol. The van der Waals surface area contributed by atoms with E-state index in [1.165, 1.54) is 40.9 Å². The molecule has 188 valence electrons. The van der Waals surface area contributed by atoms with Crippen LogP contribution in [0.1, 0.15) is 43.6 Å². The summed E-state index contributed by atoms with van der Waals surface area (Å²) in [6.45, 7) is 7.44. The first-order valence-electron chi connectivity index (χ1n) is 10.8. The van der Waals surface area contributed by atoms with Crippen LogP contribution in [0.25, 0.3) is 5.65 Å². The van der Waals surface area contributed by atoms with Crippen LogP contribution in [0.2, 0.25) is 5.15 Å². The first-order chi connectivity index (χ1) is 16.4. The lowest BCUT2D eigenvalue weighted by atomic mass is 10.2. The predicted octanol–water partition coefficient (Wildman–Crippen LogP) is 3.81. The smallest absolute Gasteiger partial charge is 0.415 e. The summed E-state index contributed by atoms with van der Waals surface area (Å²) in [5.74, 6) is -0.650. The molecule has 0 saturated heterocycles. The summed E-state index contributed by atoms with van der Waals surface area (Å²) in [7, 11) is 1.51. The Morgan fingerprint density at radius 2 is 2.03 bits per heavy atom. The van der Waals surface area contributed by atoms with Gasteiger partial charge in [0, 0.05) is 19.2 Å². The third kappa shape index (κ3) is 6.58. The molecule has 3 N–H and O–H groups in total. The summed E-state index contributed by atoms with van der Waals surface area (Å²) in [6, 6.07) is 5.44. The maximum atomic E-state index is 13.3. The molecule has 0 fully saturated rings. The summed E-state index contributed by atoms with van der Waals surface area (Å²) in [5, 5.41) is 7.11. The number of benzene rings is 1. The zero-order valence-electron chi connectivity index (χ0n) is 20.1. The highest BCUT2D eigenvalue weighted by atomic mass is 35.5. The maximum Gasteiger partial charge on any atom is 0.415 e. The average molecular weight is 507 g/mol. The molecule has 1 unspecified atom stereocenters. The van der Waals surface area contributed by atoms with Crippen molar-refractivity contribution in [2.75, 3.05) is 24.3 Å². The first kappa shape index (κ1) is 26.2. The molecule has 0 radical (unpaired) electrons. The first-order valence-corrected chi connectivity index (χ1v) is 11.2. The van der Waals surface area contributed by atoms with Gasteiger partial charge in [-0.3, -0.25) is 9.69 Å². The molecule has 2 amide bonds. The summed E-state index contributed by atoms with van der Waals surface area (Å²) in [5.41, 5.74) is 5.97. The average Bonchev–Trinajstić information content (AvgIpc) is 3.17. The van der Waals surface area contributed by atoms with Gasteiger partial charge in [-0.15, -0.1) is 0 Å². The SMILES string of the molecule is CC(COCc1ccc(F)c(N)c1)NC(=O)c1cnn2c(N(C)C(=O)OC(C)(C)C)cc(Cl)nc12. The monoisotopic (exact) mass is 506 g/mol. The molecule has 1 atom stereocenters. The van der Waals surface area contributed by atoms with E-state index in [1.807, 2.05) is 0 Å². The lowest BCUT2D eigenvalue weighted by molar-refractivity contribution is 0.0587. The second-order valence-electron chi connectivity index (χ2n) is 9.02. The fourth-order valence-electron chi connectivity index (χ4n) is 3.12. The van der Waals surface area contributed by atoms with Gasteiger partial charge in [-0.2, -0.15) is 9.61 Å². The van der Waals surface area contributed by atoms with Crippen molar-refractivity contribution in [1.82, 2.24) is 19.9 Å².